The van der Waals surface area contributed by atoms with Crippen molar-refractivity contribution in [2.24, 2.45) is 0 Å². The summed E-state index contributed by atoms with van der Waals surface area (Å²) < 4.78 is 0. The normalized spacial score (nSPS) is 17.1. The van der Waals surface area contributed by atoms with Crippen molar-refractivity contribution < 1.29 is 5.11 Å². The molecule has 0 aliphatic rings. The molecule has 23 heavy (non-hydrogen) atoms. The zero-order chi connectivity index (χ0) is 17.7. The van der Waals surface area contributed by atoms with Gasteiger partial charge in [0.25, 0.3) is 0 Å². The lowest BCUT2D eigenvalue weighted by Crippen LogP contribution is -2.42. The number of nitrogens with one attached hydrogen (secondary N) is 2. The molecule has 0 aromatic heterocycles. The minimum atomic E-state index is -0.442. The van der Waals surface area contributed by atoms with Crippen molar-refractivity contribution in [3.05, 3.63) is 60.8 Å². The van der Waals surface area contributed by atoms with Crippen LogP contribution in [-0.2, 0) is 0 Å². The zero-order valence-corrected chi connectivity index (χ0v) is 15.2. The van der Waals surface area contributed by atoms with E-state index in [0.29, 0.717) is 13.1 Å². The van der Waals surface area contributed by atoms with E-state index in [9.17, 15) is 5.11 Å². The average molecular weight is 319 g/mol. The molecular weight excluding hydrogens is 284 g/mol. The van der Waals surface area contributed by atoms with E-state index in [-0.39, 0.29) is 12.1 Å². The van der Waals surface area contributed by atoms with Crippen LogP contribution in [0.5, 0.6) is 0 Å². The molecule has 0 heterocycles. The molecule has 0 bridgehead atoms. The van der Waals surface area contributed by atoms with E-state index in [1.54, 1.807) is 6.08 Å². The van der Waals surface area contributed by atoms with Crippen LogP contribution in [0.3, 0.4) is 0 Å². The predicted molar refractivity (Wildman–Crippen MR) is 103 cm³/mol. The molecule has 3 N–H and O–H groups in total. The largest absolute Gasteiger partial charge is 0.390 e. The third-order valence-corrected chi connectivity index (χ3v) is 3.66. The van der Waals surface area contributed by atoms with Gasteiger partial charge in [-0.15, -0.1) is 0 Å². The van der Waals surface area contributed by atoms with Gasteiger partial charge in [0, 0.05) is 25.2 Å². The van der Waals surface area contributed by atoms with Gasteiger partial charge in [0.1, 0.15) is 0 Å². The summed E-state index contributed by atoms with van der Waals surface area (Å²) in [7, 11) is 0. The molecule has 0 aromatic carbocycles. The molecule has 3 heteroatoms. The Labute approximate surface area is 142 Å². The smallest absolute Gasteiger partial charge is 0.0789 e. The second-order valence-electron chi connectivity index (χ2n) is 5.63. The Balaban J connectivity index is 4.32. The van der Waals surface area contributed by atoms with Crippen molar-refractivity contribution in [2.75, 3.05) is 13.1 Å². The van der Waals surface area contributed by atoms with Crippen molar-refractivity contribution in [1.82, 2.24) is 10.6 Å². The number of allylic oxidation sites excluding steroid dienone is 4. The summed E-state index contributed by atoms with van der Waals surface area (Å²) in [5, 5.41) is 16.8. The van der Waals surface area contributed by atoms with Crippen LogP contribution in [0.4, 0.5) is 0 Å². The molecule has 0 aromatic rings. The second-order valence-corrected chi connectivity index (χ2v) is 5.63. The van der Waals surface area contributed by atoms with Gasteiger partial charge >= 0.3 is 0 Å². The Kier molecular flexibility index (Phi) is 12.3. The van der Waals surface area contributed by atoms with Gasteiger partial charge in [-0.3, -0.25) is 0 Å². The Hall–Kier alpha value is -1.42. The van der Waals surface area contributed by atoms with Gasteiger partial charge in [0.15, 0.2) is 0 Å². The van der Waals surface area contributed by atoms with Crippen LogP contribution < -0.4 is 10.6 Å². The standard InChI is InChI=1S/C20H34N2O/c1-7-11-18(10-4)16(5)21-14-20(23)15-22-17(6)19(12-8-2)13-9-3/h7-8,10-13,16-17,20-23H,1,4,9,14-15H2,2-3,5-6H3. The molecule has 0 fully saturated rings. The third-order valence-electron chi connectivity index (χ3n) is 3.66. The first-order valence-electron chi connectivity index (χ1n) is 8.42. The minimum absolute atomic E-state index is 0.135. The highest BCUT2D eigenvalue weighted by molar-refractivity contribution is 5.26. The zero-order valence-electron chi connectivity index (χ0n) is 15.2. The summed E-state index contributed by atoms with van der Waals surface area (Å²) >= 11 is 0. The molecule has 0 aliphatic carbocycles. The lowest BCUT2D eigenvalue weighted by atomic mass is 10.1. The Morgan fingerprint density at radius 1 is 1.09 bits per heavy atom. The van der Waals surface area contributed by atoms with Gasteiger partial charge in [0.2, 0.25) is 0 Å². The van der Waals surface area contributed by atoms with Crippen LogP contribution in [0, 0.1) is 0 Å². The summed E-state index contributed by atoms with van der Waals surface area (Å²) in [5.74, 6) is 0. The average Bonchev–Trinajstić information content (AvgIpc) is 2.55. The molecular formula is C20H34N2O. The fraction of sp³-hybridized carbons (Fsp3) is 0.500. The van der Waals surface area contributed by atoms with Gasteiger partial charge in [-0.1, -0.05) is 56.5 Å². The highest BCUT2D eigenvalue weighted by Crippen LogP contribution is 2.06. The van der Waals surface area contributed by atoms with Gasteiger partial charge in [-0.2, -0.15) is 0 Å². The van der Waals surface area contributed by atoms with Crippen molar-refractivity contribution in [3.8, 4) is 0 Å². The quantitative estimate of drug-likeness (QED) is 0.482. The van der Waals surface area contributed by atoms with Gasteiger partial charge < -0.3 is 15.7 Å². The Morgan fingerprint density at radius 2 is 1.65 bits per heavy atom. The van der Waals surface area contributed by atoms with E-state index in [4.69, 9.17) is 0 Å². The summed E-state index contributed by atoms with van der Waals surface area (Å²) in [5.41, 5.74) is 2.32. The molecule has 0 amide bonds. The third kappa shape index (κ3) is 9.34. The number of hydrogen-bond donors (Lipinski definition) is 3. The molecule has 3 atom stereocenters. The highest BCUT2D eigenvalue weighted by Gasteiger charge is 2.11. The SMILES string of the molecule is C=CC=C(C=C)C(C)NCC(O)CNC(C)C(C=CC)=CCC. The molecule has 0 radical (unpaired) electrons. The first kappa shape index (κ1) is 21.6. The Morgan fingerprint density at radius 3 is 2.09 bits per heavy atom. The molecule has 0 saturated heterocycles. The maximum Gasteiger partial charge on any atom is 0.0789 e. The van der Waals surface area contributed by atoms with E-state index in [2.05, 4.69) is 49.8 Å². The summed E-state index contributed by atoms with van der Waals surface area (Å²) in [6, 6.07) is 0.360. The molecule has 0 spiro atoms. The maximum absolute atomic E-state index is 10.1. The van der Waals surface area contributed by atoms with E-state index in [1.807, 2.05) is 32.1 Å². The predicted octanol–water partition coefficient (Wildman–Crippen LogP) is 3.51. The summed E-state index contributed by atoms with van der Waals surface area (Å²) in [4.78, 5) is 0. The minimum Gasteiger partial charge on any atom is -0.390 e. The lowest BCUT2D eigenvalue weighted by Gasteiger charge is -2.21. The van der Waals surface area contributed by atoms with Crippen molar-refractivity contribution in [3.63, 3.8) is 0 Å². The van der Waals surface area contributed by atoms with Gasteiger partial charge in [-0.05, 0) is 38.3 Å². The van der Waals surface area contributed by atoms with E-state index >= 15 is 0 Å². The fourth-order valence-corrected chi connectivity index (χ4v) is 2.28. The lowest BCUT2D eigenvalue weighted by molar-refractivity contribution is 0.164. The summed E-state index contributed by atoms with van der Waals surface area (Å²) in [6.07, 6.45) is 12.4. The highest BCUT2D eigenvalue weighted by atomic mass is 16.3. The van der Waals surface area contributed by atoms with Gasteiger partial charge in [-0.25, -0.2) is 0 Å². The van der Waals surface area contributed by atoms with Crippen LogP contribution >= 0.6 is 0 Å². The van der Waals surface area contributed by atoms with Crippen LogP contribution in [0.2, 0.25) is 0 Å². The summed E-state index contributed by atoms with van der Waals surface area (Å²) in [6.45, 7) is 16.9. The monoisotopic (exact) mass is 318 g/mol. The van der Waals surface area contributed by atoms with Crippen molar-refractivity contribution >= 4 is 0 Å². The van der Waals surface area contributed by atoms with Crippen LogP contribution in [0.15, 0.2) is 60.8 Å². The first-order valence-corrected chi connectivity index (χ1v) is 8.42. The number of aliphatic hydroxyl groups is 1. The van der Waals surface area contributed by atoms with Gasteiger partial charge in [0.05, 0.1) is 6.10 Å². The first-order chi connectivity index (χ1) is 11.0. The molecule has 130 valence electrons. The van der Waals surface area contributed by atoms with Crippen LogP contribution in [0.25, 0.3) is 0 Å². The van der Waals surface area contributed by atoms with Crippen LogP contribution in [0.1, 0.15) is 34.1 Å². The van der Waals surface area contributed by atoms with Crippen molar-refractivity contribution in [2.45, 2.75) is 52.3 Å². The molecule has 3 nitrogen and oxygen atoms in total. The maximum atomic E-state index is 10.1. The van der Waals surface area contributed by atoms with E-state index < -0.39 is 6.10 Å². The Bertz CT molecular complexity index is 435. The number of rotatable bonds is 12. The molecule has 0 saturated carbocycles. The fourth-order valence-electron chi connectivity index (χ4n) is 2.28. The molecule has 0 aliphatic heterocycles. The van der Waals surface area contributed by atoms with Crippen LogP contribution in [-0.4, -0.2) is 36.4 Å². The number of hydrogen-bond acceptors (Lipinski definition) is 3. The molecule has 0 rings (SSSR count). The van der Waals surface area contributed by atoms with E-state index in [1.165, 1.54) is 5.57 Å². The van der Waals surface area contributed by atoms with E-state index in [0.717, 1.165) is 12.0 Å². The van der Waals surface area contributed by atoms with Crippen molar-refractivity contribution in [1.29, 1.82) is 0 Å². The number of aliphatic hydroxyl groups excluding tert-OH is 1. The second kappa shape index (κ2) is 13.1. The molecule has 3 unspecified atom stereocenters. The topological polar surface area (TPSA) is 44.3 Å².